The fourth-order valence-electron chi connectivity index (χ4n) is 1.26. The number of aromatic nitrogens is 4. The Labute approximate surface area is 92.4 Å². The molecule has 2 heterocycles. The van der Waals surface area contributed by atoms with Crippen LogP contribution in [0.4, 0.5) is 5.95 Å². The normalized spacial score (nSPS) is 9.75. The van der Waals surface area contributed by atoms with Gasteiger partial charge in [0.15, 0.2) is 0 Å². The van der Waals surface area contributed by atoms with E-state index in [2.05, 4.69) is 25.5 Å². The third-order valence-electron chi connectivity index (χ3n) is 1.96. The third-order valence-corrected chi connectivity index (χ3v) is 1.96. The summed E-state index contributed by atoms with van der Waals surface area (Å²) in [5.41, 5.74) is 2.06. The summed E-state index contributed by atoms with van der Waals surface area (Å²) in [5.74, 6) is 0.450. The van der Waals surface area contributed by atoms with E-state index in [0.717, 1.165) is 11.4 Å². The van der Waals surface area contributed by atoms with Gasteiger partial charge in [-0.15, -0.1) is 0 Å². The molecule has 0 aliphatic rings. The molecule has 0 unspecified atom stereocenters. The molecule has 6 heteroatoms. The summed E-state index contributed by atoms with van der Waals surface area (Å²) in [4.78, 5) is 8.21. The maximum Gasteiger partial charge on any atom is 0.224 e. The summed E-state index contributed by atoms with van der Waals surface area (Å²) in [5, 5.41) is 18.4. The van der Waals surface area contributed by atoms with Crippen molar-refractivity contribution in [3.63, 3.8) is 0 Å². The van der Waals surface area contributed by atoms with E-state index in [1.807, 2.05) is 19.1 Å². The number of aromatic amines is 1. The van der Waals surface area contributed by atoms with E-state index in [4.69, 9.17) is 5.26 Å². The van der Waals surface area contributed by atoms with Crippen LogP contribution in [0.25, 0.3) is 0 Å². The summed E-state index contributed by atoms with van der Waals surface area (Å²) in [6.07, 6.45) is 1.68. The molecule has 0 radical (unpaired) electrons. The molecule has 0 bridgehead atoms. The molecule has 0 aromatic carbocycles. The van der Waals surface area contributed by atoms with Crippen LogP contribution in [0.1, 0.15) is 17.1 Å². The van der Waals surface area contributed by atoms with Crippen molar-refractivity contribution in [2.75, 3.05) is 5.32 Å². The fourth-order valence-corrected chi connectivity index (χ4v) is 1.26. The molecule has 0 spiro atoms. The Hall–Kier alpha value is -2.42. The van der Waals surface area contributed by atoms with Gasteiger partial charge in [-0.3, -0.25) is 5.10 Å². The van der Waals surface area contributed by atoms with E-state index in [1.54, 1.807) is 12.3 Å². The highest BCUT2D eigenvalue weighted by Crippen LogP contribution is 2.05. The Kier molecular flexibility index (Phi) is 2.78. The van der Waals surface area contributed by atoms with Crippen LogP contribution in [0, 0.1) is 18.3 Å². The van der Waals surface area contributed by atoms with Crippen LogP contribution in [-0.4, -0.2) is 20.2 Å². The van der Waals surface area contributed by atoms with Gasteiger partial charge in [0.25, 0.3) is 0 Å². The average molecular weight is 214 g/mol. The molecule has 0 saturated heterocycles. The molecule has 0 aliphatic heterocycles. The molecule has 2 rings (SSSR count). The quantitative estimate of drug-likeness (QED) is 0.795. The summed E-state index contributed by atoms with van der Waals surface area (Å²) in [6, 6.07) is 5.49. The number of rotatable bonds is 3. The third kappa shape index (κ3) is 2.33. The van der Waals surface area contributed by atoms with Crippen LogP contribution in [0.5, 0.6) is 0 Å². The van der Waals surface area contributed by atoms with Gasteiger partial charge in [-0.1, -0.05) is 0 Å². The Bertz CT molecular complexity index is 511. The first-order chi connectivity index (χ1) is 7.78. The van der Waals surface area contributed by atoms with Crippen LogP contribution in [-0.2, 0) is 6.54 Å². The monoisotopic (exact) mass is 214 g/mol. The van der Waals surface area contributed by atoms with E-state index in [-0.39, 0.29) is 0 Å². The molecule has 0 aliphatic carbocycles. The van der Waals surface area contributed by atoms with E-state index < -0.39 is 0 Å². The standard InChI is InChI=1S/C10H10N6/c1-7-4-9(5-11)15-10(14-7)12-6-8-2-3-13-16-8/h2-4H,6H2,1H3,(H,13,16)(H,12,14,15). The molecular weight excluding hydrogens is 204 g/mol. The van der Waals surface area contributed by atoms with Crippen molar-refractivity contribution in [2.24, 2.45) is 0 Å². The second-order valence-corrected chi connectivity index (χ2v) is 3.27. The number of nitrogens with one attached hydrogen (secondary N) is 2. The highest BCUT2D eigenvalue weighted by Gasteiger charge is 2.01. The largest absolute Gasteiger partial charge is 0.349 e. The van der Waals surface area contributed by atoms with Gasteiger partial charge in [0, 0.05) is 11.9 Å². The van der Waals surface area contributed by atoms with Crippen LogP contribution >= 0.6 is 0 Å². The van der Waals surface area contributed by atoms with Crippen LogP contribution < -0.4 is 5.32 Å². The first-order valence-corrected chi connectivity index (χ1v) is 4.76. The Balaban J connectivity index is 2.10. The Morgan fingerprint density at radius 2 is 2.38 bits per heavy atom. The van der Waals surface area contributed by atoms with Gasteiger partial charge in [0.1, 0.15) is 11.8 Å². The molecule has 0 amide bonds. The molecular formula is C10H10N6. The lowest BCUT2D eigenvalue weighted by molar-refractivity contribution is 0.953. The summed E-state index contributed by atoms with van der Waals surface area (Å²) in [6.45, 7) is 2.37. The van der Waals surface area contributed by atoms with Crippen molar-refractivity contribution in [2.45, 2.75) is 13.5 Å². The smallest absolute Gasteiger partial charge is 0.224 e. The van der Waals surface area contributed by atoms with Crippen molar-refractivity contribution in [1.82, 2.24) is 20.2 Å². The minimum absolute atomic E-state index is 0.361. The zero-order valence-corrected chi connectivity index (χ0v) is 8.73. The lowest BCUT2D eigenvalue weighted by Gasteiger charge is -2.03. The van der Waals surface area contributed by atoms with Crippen molar-refractivity contribution >= 4 is 5.95 Å². The van der Waals surface area contributed by atoms with Crippen LogP contribution in [0.15, 0.2) is 18.3 Å². The van der Waals surface area contributed by atoms with Gasteiger partial charge in [0.2, 0.25) is 5.95 Å². The number of hydrogen-bond donors (Lipinski definition) is 2. The maximum atomic E-state index is 8.75. The summed E-state index contributed by atoms with van der Waals surface area (Å²) < 4.78 is 0. The highest BCUT2D eigenvalue weighted by atomic mass is 15.1. The molecule has 0 saturated carbocycles. The zero-order chi connectivity index (χ0) is 11.4. The molecule has 0 fully saturated rings. The molecule has 80 valence electrons. The summed E-state index contributed by atoms with van der Waals surface area (Å²) in [7, 11) is 0. The van der Waals surface area contributed by atoms with Crippen molar-refractivity contribution < 1.29 is 0 Å². The molecule has 2 aromatic rings. The molecule has 16 heavy (non-hydrogen) atoms. The van der Waals surface area contributed by atoms with E-state index >= 15 is 0 Å². The molecule has 6 nitrogen and oxygen atoms in total. The number of hydrogen-bond acceptors (Lipinski definition) is 5. The summed E-state index contributed by atoms with van der Waals surface area (Å²) >= 11 is 0. The topological polar surface area (TPSA) is 90.3 Å². The van der Waals surface area contributed by atoms with E-state index in [9.17, 15) is 0 Å². The number of anilines is 1. The minimum atomic E-state index is 0.361. The number of nitriles is 1. The number of aryl methyl sites for hydroxylation is 1. The van der Waals surface area contributed by atoms with Crippen molar-refractivity contribution in [3.05, 3.63) is 35.4 Å². The molecule has 0 atom stereocenters. The van der Waals surface area contributed by atoms with Gasteiger partial charge in [-0.05, 0) is 19.1 Å². The lowest BCUT2D eigenvalue weighted by atomic mass is 10.3. The first-order valence-electron chi connectivity index (χ1n) is 4.76. The van der Waals surface area contributed by atoms with E-state index in [1.165, 1.54) is 0 Å². The lowest BCUT2D eigenvalue weighted by Crippen LogP contribution is -2.05. The zero-order valence-electron chi connectivity index (χ0n) is 8.73. The number of nitrogens with zero attached hydrogens (tertiary/aromatic N) is 4. The van der Waals surface area contributed by atoms with Gasteiger partial charge >= 0.3 is 0 Å². The fraction of sp³-hybridized carbons (Fsp3) is 0.200. The minimum Gasteiger partial charge on any atom is -0.349 e. The van der Waals surface area contributed by atoms with Gasteiger partial charge in [0.05, 0.1) is 12.2 Å². The Morgan fingerprint density at radius 3 is 3.06 bits per heavy atom. The van der Waals surface area contributed by atoms with Crippen molar-refractivity contribution in [3.8, 4) is 6.07 Å². The molecule has 2 aromatic heterocycles. The average Bonchev–Trinajstić information content (AvgIpc) is 2.78. The first kappa shape index (κ1) is 10.1. The second-order valence-electron chi connectivity index (χ2n) is 3.27. The SMILES string of the molecule is Cc1cc(C#N)nc(NCc2ccn[nH]2)n1. The predicted octanol–water partition coefficient (Wildman–Crippen LogP) is 0.992. The van der Waals surface area contributed by atoms with E-state index in [0.29, 0.717) is 18.2 Å². The highest BCUT2D eigenvalue weighted by molar-refractivity contribution is 5.33. The van der Waals surface area contributed by atoms with Crippen LogP contribution in [0.2, 0.25) is 0 Å². The van der Waals surface area contributed by atoms with Crippen LogP contribution in [0.3, 0.4) is 0 Å². The maximum absolute atomic E-state index is 8.75. The van der Waals surface area contributed by atoms with Gasteiger partial charge < -0.3 is 5.32 Å². The Morgan fingerprint density at radius 1 is 1.50 bits per heavy atom. The van der Waals surface area contributed by atoms with Crippen molar-refractivity contribution in [1.29, 1.82) is 5.26 Å². The predicted molar refractivity (Wildman–Crippen MR) is 57.4 cm³/mol. The molecule has 2 N–H and O–H groups in total. The second kappa shape index (κ2) is 4.40. The van der Waals surface area contributed by atoms with Gasteiger partial charge in [-0.2, -0.15) is 10.4 Å². The number of H-pyrrole nitrogens is 1. The van der Waals surface area contributed by atoms with Gasteiger partial charge in [-0.25, -0.2) is 9.97 Å².